The first-order chi connectivity index (χ1) is 14.6. The summed E-state index contributed by atoms with van der Waals surface area (Å²) in [6, 6.07) is 11.5. The van der Waals surface area contributed by atoms with Crippen molar-refractivity contribution in [1.82, 2.24) is 20.0 Å². The van der Waals surface area contributed by atoms with Gasteiger partial charge in [-0.2, -0.15) is 0 Å². The van der Waals surface area contributed by atoms with E-state index in [9.17, 15) is 4.79 Å². The number of rotatable bonds is 3. The standard InChI is InChI=1S/C23H25N5O2/c1-27(2)22-24-14-17-9-11-23(20(17)25-22)10-6-12-28(15-23)21(29)18-13-19(30-26-18)16-7-4-3-5-8-16/h3-5,7-8,13-14H,6,9-12,15H2,1-2H3. The number of carbonyl (C=O) groups is 1. The van der Waals surface area contributed by atoms with Crippen LogP contribution in [0.2, 0.25) is 0 Å². The topological polar surface area (TPSA) is 75.4 Å². The molecule has 1 spiro atoms. The zero-order valence-corrected chi connectivity index (χ0v) is 17.3. The molecule has 1 atom stereocenters. The highest BCUT2D eigenvalue weighted by Gasteiger charge is 2.45. The summed E-state index contributed by atoms with van der Waals surface area (Å²) in [5.41, 5.74) is 3.51. The van der Waals surface area contributed by atoms with Crippen molar-refractivity contribution in [1.29, 1.82) is 0 Å². The predicted octanol–water partition coefficient (Wildman–Crippen LogP) is 3.32. The van der Waals surface area contributed by atoms with Gasteiger partial charge in [-0.15, -0.1) is 0 Å². The predicted molar refractivity (Wildman–Crippen MR) is 113 cm³/mol. The van der Waals surface area contributed by atoms with Gasteiger partial charge in [0.25, 0.3) is 5.91 Å². The number of piperidine rings is 1. The van der Waals surface area contributed by atoms with Gasteiger partial charge in [-0.1, -0.05) is 35.5 Å². The fourth-order valence-corrected chi connectivity index (χ4v) is 4.73. The van der Waals surface area contributed by atoms with Crippen molar-refractivity contribution in [2.24, 2.45) is 0 Å². The first-order valence-electron chi connectivity index (χ1n) is 10.4. The maximum atomic E-state index is 13.2. The lowest BCUT2D eigenvalue weighted by atomic mass is 9.77. The van der Waals surface area contributed by atoms with Crippen LogP contribution >= 0.6 is 0 Å². The number of anilines is 1. The van der Waals surface area contributed by atoms with Crippen molar-refractivity contribution in [3.63, 3.8) is 0 Å². The van der Waals surface area contributed by atoms with Crippen LogP contribution in [0.5, 0.6) is 0 Å². The first kappa shape index (κ1) is 18.8. The van der Waals surface area contributed by atoms with E-state index in [0.29, 0.717) is 18.0 Å². The third-order valence-electron chi connectivity index (χ3n) is 6.28. The van der Waals surface area contributed by atoms with Gasteiger partial charge in [0.1, 0.15) is 0 Å². The summed E-state index contributed by atoms with van der Waals surface area (Å²) in [5.74, 6) is 1.26. The third-order valence-corrected chi connectivity index (χ3v) is 6.28. The van der Waals surface area contributed by atoms with E-state index in [0.717, 1.165) is 49.4 Å². The molecule has 0 bridgehead atoms. The Labute approximate surface area is 175 Å². The summed E-state index contributed by atoms with van der Waals surface area (Å²) in [7, 11) is 3.91. The summed E-state index contributed by atoms with van der Waals surface area (Å²) >= 11 is 0. The number of hydrogen-bond donors (Lipinski definition) is 0. The van der Waals surface area contributed by atoms with Gasteiger partial charge in [0, 0.05) is 50.4 Å². The van der Waals surface area contributed by atoms with Crippen LogP contribution in [0.4, 0.5) is 5.95 Å². The number of aromatic nitrogens is 3. The van der Waals surface area contributed by atoms with Crippen LogP contribution < -0.4 is 4.90 Å². The summed E-state index contributed by atoms with van der Waals surface area (Å²) in [6.45, 7) is 1.39. The number of hydrogen-bond acceptors (Lipinski definition) is 6. The number of fused-ring (bicyclic) bond motifs is 2. The van der Waals surface area contributed by atoms with E-state index >= 15 is 0 Å². The molecule has 2 aliphatic rings. The van der Waals surface area contributed by atoms with Crippen molar-refractivity contribution >= 4 is 11.9 Å². The van der Waals surface area contributed by atoms with Crippen LogP contribution in [0.3, 0.4) is 0 Å². The first-order valence-corrected chi connectivity index (χ1v) is 10.4. The van der Waals surface area contributed by atoms with Gasteiger partial charge in [0.2, 0.25) is 5.95 Å². The van der Waals surface area contributed by atoms with E-state index in [1.54, 1.807) is 6.07 Å². The Morgan fingerprint density at radius 2 is 2.03 bits per heavy atom. The van der Waals surface area contributed by atoms with Gasteiger partial charge in [0.05, 0.1) is 5.69 Å². The van der Waals surface area contributed by atoms with Crippen LogP contribution in [0.1, 0.15) is 41.0 Å². The maximum absolute atomic E-state index is 13.2. The molecule has 7 heteroatoms. The molecule has 1 fully saturated rings. The quantitative estimate of drug-likeness (QED) is 0.668. The Morgan fingerprint density at radius 1 is 1.20 bits per heavy atom. The van der Waals surface area contributed by atoms with Gasteiger partial charge < -0.3 is 14.3 Å². The normalized spacial score (nSPS) is 20.4. The number of likely N-dealkylation sites (tertiary alicyclic amines) is 1. The van der Waals surface area contributed by atoms with E-state index in [2.05, 4.69) is 10.1 Å². The van der Waals surface area contributed by atoms with Gasteiger partial charge >= 0.3 is 0 Å². The molecule has 2 aromatic heterocycles. The second kappa shape index (κ2) is 7.23. The minimum absolute atomic E-state index is 0.0738. The minimum atomic E-state index is -0.0943. The van der Waals surface area contributed by atoms with Gasteiger partial charge in [-0.05, 0) is 31.2 Å². The minimum Gasteiger partial charge on any atom is -0.355 e. The van der Waals surface area contributed by atoms with Crippen molar-refractivity contribution in [3.05, 3.63) is 59.5 Å². The van der Waals surface area contributed by atoms with E-state index in [1.807, 2.05) is 60.4 Å². The van der Waals surface area contributed by atoms with Crippen LogP contribution in [-0.4, -0.2) is 53.1 Å². The highest BCUT2D eigenvalue weighted by atomic mass is 16.5. The molecule has 1 amide bonds. The van der Waals surface area contributed by atoms with E-state index < -0.39 is 0 Å². The highest BCUT2D eigenvalue weighted by Crippen LogP contribution is 2.44. The number of benzene rings is 1. The summed E-state index contributed by atoms with van der Waals surface area (Å²) in [6.07, 6.45) is 5.92. The fourth-order valence-electron chi connectivity index (χ4n) is 4.73. The lowest BCUT2D eigenvalue weighted by molar-refractivity contribution is 0.0623. The molecule has 30 heavy (non-hydrogen) atoms. The molecule has 154 valence electrons. The lowest BCUT2D eigenvalue weighted by Crippen LogP contribution is -2.48. The molecule has 0 N–H and O–H groups in total. The number of carbonyl (C=O) groups excluding carboxylic acids is 1. The summed E-state index contributed by atoms with van der Waals surface area (Å²) in [5, 5.41) is 4.07. The second-order valence-corrected chi connectivity index (χ2v) is 8.49. The molecule has 1 saturated heterocycles. The molecule has 0 saturated carbocycles. The Hall–Kier alpha value is -3.22. The maximum Gasteiger partial charge on any atom is 0.276 e. The molecule has 3 heterocycles. The Balaban J connectivity index is 1.40. The SMILES string of the molecule is CN(C)c1ncc2c(n1)C1(CCCN(C(=O)c3cc(-c4ccccc4)on3)C1)CC2. The lowest BCUT2D eigenvalue weighted by Gasteiger charge is -2.40. The average Bonchev–Trinajstić information content (AvgIpc) is 3.40. The van der Waals surface area contributed by atoms with E-state index in [4.69, 9.17) is 9.51 Å². The van der Waals surface area contributed by atoms with Crippen molar-refractivity contribution < 1.29 is 9.32 Å². The zero-order valence-electron chi connectivity index (χ0n) is 17.3. The van der Waals surface area contributed by atoms with Crippen molar-refractivity contribution in [2.75, 3.05) is 32.1 Å². The smallest absolute Gasteiger partial charge is 0.276 e. The summed E-state index contributed by atoms with van der Waals surface area (Å²) < 4.78 is 5.45. The Bertz CT molecular complexity index is 1070. The fraction of sp³-hybridized carbons (Fsp3) is 0.391. The molecule has 3 aromatic rings. The molecule has 1 aliphatic heterocycles. The molecule has 1 unspecified atom stereocenters. The van der Waals surface area contributed by atoms with Crippen LogP contribution in [-0.2, 0) is 11.8 Å². The highest BCUT2D eigenvalue weighted by molar-refractivity contribution is 5.93. The van der Waals surface area contributed by atoms with Gasteiger partial charge in [-0.3, -0.25) is 4.79 Å². The van der Waals surface area contributed by atoms with Crippen LogP contribution in [0, 0.1) is 0 Å². The number of aryl methyl sites for hydroxylation is 1. The molecule has 1 aliphatic carbocycles. The van der Waals surface area contributed by atoms with Gasteiger partial charge in [0.15, 0.2) is 11.5 Å². The monoisotopic (exact) mass is 403 g/mol. The van der Waals surface area contributed by atoms with Crippen molar-refractivity contribution in [3.8, 4) is 11.3 Å². The molecule has 1 aromatic carbocycles. The zero-order chi connectivity index (χ0) is 20.7. The molecule has 5 rings (SSSR count). The Morgan fingerprint density at radius 3 is 2.83 bits per heavy atom. The molecular formula is C23H25N5O2. The van der Waals surface area contributed by atoms with E-state index in [1.165, 1.54) is 5.56 Å². The van der Waals surface area contributed by atoms with Crippen LogP contribution in [0.15, 0.2) is 47.1 Å². The van der Waals surface area contributed by atoms with Crippen molar-refractivity contribution in [2.45, 2.75) is 31.1 Å². The average molecular weight is 403 g/mol. The second-order valence-electron chi connectivity index (χ2n) is 8.49. The van der Waals surface area contributed by atoms with Gasteiger partial charge in [-0.25, -0.2) is 9.97 Å². The van der Waals surface area contributed by atoms with Crippen LogP contribution in [0.25, 0.3) is 11.3 Å². The number of nitrogens with zero attached hydrogens (tertiary/aromatic N) is 5. The number of amides is 1. The molecule has 7 nitrogen and oxygen atoms in total. The van der Waals surface area contributed by atoms with E-state index in [-0.39, 0.29) is 11.3 Å². The summed E-state index contributed by atoms with van der Waals surface area (Å²) in [4.78, 5) is 26.4. The largest absolute Gasteiger partial charge is 0.355 e. The third kappa shape index (κ3) is 3.14. The molecule has 0 radical (unpaired) electrons. The molecular weight excluding hydrogens is 378 g/mol. The Kier molecular flexibility index (Phi) is 4.53.